The number of aromatic nitrogens is 4. The second-order valence-electron chi connectivity index (χ2n) is 9.73. The van der Waals surface area contributed by atoms with Gasteiger partial charge in [-0.05, 0) is 67.3 Å². The molecule has 0 aliphatic carbocycles. The van der Waals surface area contributed by atoms with Crippen LogP contribution in [0.25, 0.3) is 0 Å². The third-order valence-electron chi connectivity index (χ3n) is 5.66. The molecule has 3 N–H and O–H groups in total. The number of hydrogen-bond acceptors (Lipinski definition) is 6. The predicted octanol–water partition coefficient (Wildman–Crippen LogP) is 7.84. The molecular formula is C29H35Br2F3N6. The Balaban J connectivity index is 0.000000326. The Morgan fingerprint density at radius 3 is 1.43 bits per heavy atom. The molecule has 2 aromatic heterocycles. The van der Waals surface area contributed by atoms with Crippen LogP contribution in [-0.4, -0.2) is 33.0 Å². The van der Waals surface area contributed by atoms with E-state index in [2.05, 4.69) is 71.0 Å². The van der Waals surface area contributed by atoms with Crippen molar-refractivity contribution in [2.45, 2.75) is 46.0 Å². The normalized spacial score (nSPS) is 10.8. The molecule has 40 heavy (non-hydrogen) atoms. The number of rotatable bonds is 6. The van der Waals surface area contributed by atoms with Gasteiger partial charge in [0.05, 0.1) is 8.95 Å². The van der Waals surface area contributed by atoms with Crippen molar-refractivity contribution in [1.82, 2.24) is 19.9 Å². The van der Waals surface area contributed by atoms with E-state index in [1.165, 1.54) is 36.7 Å². The van der Waals surface area contributed by atoms with Crippen molar-refractivity contribution in [3.05, 3.63) is 111 Å². The summed E-state index contributed by atoms with van der Waals surface area (Å²) in [5, 5.41) is 3.19. The quantitative estimate of drug-likeness (QED) is 0.201. The average Bonchev–Trinajstić information content (AvgIpc) is 2.91. The van der Waals surface area contributed by atoms with E-state index >= 15 is 0 Å². The van der Waals surface area contributed by atoms with E-state index in [0.29, 0.717) is 23.5 Å². The van der Waals surface area contributed by atoms with E-state index in [1.807, 2.05) is 13.8 Å². The fourth-order valence-electron chi connectivity index (χ4n) is 3.02. The molecule has 0 amide bonds. The Labute approximate surface area is 251 Å². The van der Waals surface area contributed by atoms with Crippen LogP contribution in [-0.2, 0) is 10.8 Å². The van der Waals surface area contributed by atoms with Gasteiger partial charge in [-0.15, -0.1) is 0 Å². The molecule has 0 unspecified atom stereocenters. The first-order valence-corrected chi connectivity index (χ1v) is 13.5. The zero-order valence-electron chi connectivity index (χ0n) is 22.1. The molecule has 0 aliphatic heterocycles. The zero-order chi connectivity index (χ0) is 29.1. The summed E-state index contributed by atoms with van der Waals surface area (Å²) in [7, 11) is 0. The van der Waals surface area contributed by atoms with E-state index in [0.717, 1.165) is 15.6 Å². The third-order valence-corrected chi connectivity index (χ3v) is 6.48. The second kappa shape index (κ2) is 16.4. The molecule has 4 rings (SSSR count). The summed E-state index contributed by atoms with van der Waals surface area (Å²) in [5.74, 6) is 0.161. The van der Waals surface area contributed by atoms with Gasteiger partial charge in [-0.25, -0.2) is 28.7 Å². The van der Waals surface area contributed by atoms with Gasteiger partial charge >= 0.3 is 6.08 Å². The van der Waals surface area contributed by atoms with E-state index in [-0.39, 0.29) is 29.9 Å². The predicted molar refractivity (Wildman–Crippen MR) is 163 cm³/mol. The highest BCUT2D eigenvalue weighted by Crippen LogP contribution is 2.24. The first-order chi connectivity index (χ1) is 18.3. The van der Waals surface area contributed by atoms with Gasteiger partial charge in [-0.2, -0.15) is 4.39 Å². The zero-order valence-corrected chi connectivity index (χ0v) is 25.3. The van der Waals surface area contributed by atoms with Crippen LogP contribution in [0.2, 0.25) is 0 Å². The van der Waals surface area contributed by atoms with Crippen molar-refractivity contribution < 1.29 is 13.2 Å². The van der Waals surface area contributed by atoms with Crippen LogP contribution in [0.1, 0.15) is 46.2 Å². The molecule has 0 radical (unpaired) electrons. The van der Waals surface area contributed by atoms with Crippen LogP contribution in [0, 0.1) is 17.7 Å². The number of nitrogens with zero attached hydrogens (tertiary/aromatic N) is 4. The van der Waals surface area contributed by atoms with Crippen LogP contribution in [0.3, 0.4) is 0 Å². The molecule has 2 heterocycles. The van der Waals surface area contributed by atoms with Gasteiger partial charge in [0.25, 0.3) is 0 Å². The number of nitrogens with two attached hydrogens (primary N) is 1. The summed E-state index contributed by atoms with van der Waals surface area (Å²) in [5.41, 5.74) is 7.53. The second-order valence-corrected chi connectivity index (χ2v) is 11.6. The summed E-state index contributed by atoms with van der Waals surface area (Å²) in [6, 6.07) is 13.1. The van der Waals surface area contributed by atoms with Crippen LogP contribution >= 0.6 is 31.9 Å². The maximum absolute atomic E-state index is 12.9. The van der Waals surface area contributed by atoms with Crippen LogP contribution in [0.5, 0.6) is 0 Å². The standard InChI is InChI=1S/C14H15BrFN3.C10H14FN.C4H2BrFN2.CH4/c1-14(2,10-3-5-12(16)6-4-10)9-19-13-17-7-11(15)8-18-13;1-10(2,7-12)8-3-5-9(11)6-4-8;5-3-1-7-4(6)8-2-3;/h3-8H,9H2,1-2H3,(H,17,18,19);3-6H,7,12H2,1-2H3;1-2H;1H4. The maximum atomic E-state index is 12.9. The highest BCUT2D eigenvalue weighted by atomic mass is 79.9. The number of nitrogens with one attached hydrogen (secondary N) is 1. The molecule has 6 nitrogen and oxygen atoms in total. The van der Waals surface area contributed by atoms with Crippen molar-refractivity contribution in [3.63, 3.8) is 0 Å². The van der Waals surface area contributed by atoms with Gasteiger partial charge < -0.3 is 11.1 Å². The summed E-state index contributed by atoms with van der Waals surface area (Å²) in [6.45, 7) is 9.50. The highest BCUT2D eigenvalue weighted by Gasteiger charge is 2.21. The van der Waals surface area contributed by atoms with Gasteiger partial charge in [0.15, 0.2) is 0 Å². The fraction of sp³-hybridized carbons (Fsp3) is 0.310. The van der Waals surface area contributed by atoms with E-state index in [4.69, 9.17) is 5.73 Å². The van der Waals surface area contributed by atoms with Crippen LogP contribution in [0.4, 0.5) is 19.1 Å². The lowest BCUT2D eigenvalue weighted by molar-refractivity contribution is 0.536. The number of anilines is 1. The Morgan fingerprint density at radius 1 is 0.675 bits per heavy atom. The molecule has 0 spiro atoms. The molecule has 216 valence electrons. The minimum atomic E-state index is -0.701. The fourth-order valence-corrected chi connectivity index (χ4v) is 3.43. The van der Waals surface area contributed by atoms with Gasteiger partial charge in [-0.3, -0.25) is 0 Å². The molecule has 0 bridgehead atoms. The monoisotopic (exact) mass is 682 g/mol. The molecule has 0 saturated carbocycles. The molecular weight excluding hydrogens is 649 g/mol. The van der Waals surface area contributed by atoms with Crippen LogP contribution in [0.15, 0.2) is 82.3 Å². The first kappa shape index (κ1) is 35.1. The molecule has 2 aromatic carbocycles. The molecule has 0 aliphatic rings. The molecule has 11 heteroatoms. The number of hydrogen-bond donors (Lipinski definition) is 2. The maximum Gasteiger partial charge on any atom is 0.308 e. The number of halogens is 5. The van der Waals surface area contributed by atoms with Crippen molar-refractivity contribution in [2.24, 2.45) is 5.73 Å². The molecule has 4 aromatic rings. The van der Waals surface area contributed by atoms with E-state index in [9.17, 15) is 13.2 Å². The summed E-state index contributed by atoms with van der Waals surface area (Å²) in [6.07, 6.45) is 5.39. The Bertz CT molecular complexity index is 1250. The van der Waals surface area contributed by atoms with Crippen LogP contribution < -0.4 is 11.1 Å². The molecule has 0 atom stereocenters. The van der Waals surface area contributed by atoms with Crippen molar-refractivity contribution in [1.29, 1.82) is 0 Å². The largest absolute Gasteiger partial charge is 0.353 e. The SMILES string of the molecule is C.CC(C)(CN)c1ccc(F)cc1.CC(C)(CNc1ncc(Br)cn1)c1ccc(F)cc1.Fc1ncc(Br)cn1. The molecule has 0 saturated heterocycles. The van der Waals surface area contributed by atoms with Gasteiger partial charge in [-0.1, -0.05) is 59.4 Å². The lowest BCUT2D eigenvalue weighted by Gasteiger charge is -2.25. The van der Waals surface area contributed by atoms with E-state index in [1.54, 1.807) is 36.7 Å². The minimum absolute atomic E-state index is 0. The van der Waals surface area contributed by atoms with Gasteiger partial charge in [0.2, 0.25) is 5.95 Å². The number of benzene rings is 2. The van der Waals surface area contributed by atoms with Crippen molar-refractivity contribution in [3.8, 4) is 0 Å². The minimum Gasteiger partial charge on any atom is -0.353 e. The Hall–Kier alpha value is -2.89. The molecule has 0 fully saturated rings. The Morgan fingerprint density at radius 2 is 1.05 bits per heavy atom. The topological polar surface area (TPSA) is 89.6 Å². The Kier molecular flexibility index (Phi) is 14.4. The highest BCUT2D eigenvalue weighted by molar-refractivity contribution is 9.10. The lowest BCUT2D eigenvalue weighted by Crippen LogP contribution is -2.28. The van der Waals surface area contributed by atoms with Gasteiger partial charge in [0, 0.05) is 48.7 Å². The summed E-state index contributed by atoms with van der Waals surface area (Å²) in [4.78, 5) is 14.8. The smallest absolute Gasteiger partial charge is 0.308 e. The summed E-state index contributed by atoms with van der Waals surface area (Å²) < 4.78 is 38.8. The summed E-state index contributed by atoms with van der Waals surface area (Å²) >= 11 is 6.34. The van der Waals surface area contributed by atoms with E-state index < -0.39 is 6.08 Å². The first-order valence-electron chi connectivity index (χ1n) is 11.9. The van der Waals surface area contributed by atoms with Crippen molar-refractivity contribution in [2.75, 3.05) is 18.4 Å². The van der Waals surface area contributed by atoms with Gasteiger partial charge in [0.1, 0.15) is 11.6 Å². The third kappa shape index (κ3) is 12.1. The lowest BCUT2D eigenvalue weighted by atomic mass is 9.84. The van der Waals surface area contributed by atoms with Crippen molar-refractivity contribution >= 4 is 37.8 Å². The average molecular weight is 684 g/mol.